The highest BCUT2D eigenvalue weighted by Crippen LogP contribution is 2.22. The molecular weight excluding hydrogens is 423 g/mol. The number of nitrogens with one attached hydrogen (secondary N) is 1. The maximum absolute atomic E-state index is 13.5. The SMILES string of the molecule is CCCCOc1ccc(-c2cc3c(=O)n(CC(=O)Nc4cc(F)ccc4C)ccn3n2)cc1. The first-order valence-electron chi connectivity index (χ1n) is 10.8. The Bertz CT molecular complexity index is 1340. The summed E-state index contributed by atoms with van der Waals surface area (Å²) in [6, 6.07) is 13.4. The summed E-state index contributed by atoms with van der Waals surface area (Å²) in [6.45, 7) is 4.36. The molecule has 4 aromatic rings. The largest absolute Gasteiger partial charge is 0.494 e. The summed E-state index contributed by atoms with van der Waals surface area (Å²) in [6.07, 6.45) is 5.21. The fraction of sp³-hybridized carbons (Fsp3) is 0.240. The Morgan fingerprint density at radius 1 is 1.12 bits per heavy atom. The second-order valence-corrected chi connectivity index (χ2v) is 7.82. The lowest BCUT2D eigenvalue weighted by molar-refractivity contribution is -0.116. The zero-order valence-electron chi connectivity index (χ0n) is 18.5. The van der Waals surface area contributed by atoms with Crippen LogP contribution < -0.4 is 15.6 Å². The summed E-state index contributed by atoms with van der Waals surface area (Å²) in [5.41, 5.74) is 2.61. The molecule has 2 heterocycles. The van der Waals surface area contributed by atoms with Gasteiger partial charge in [-0.1, -0.05) is 19.4 Å². The first-order chi connectivity index (χ1) is 15.9. The van der Waals surface area contributed by atoms with Crippen LogP contribution in [0, 0.1) is 12.7 Å². The predicted molar refractivity (Wildman–Crippen MR) is 125 cm³/mol. The minimum absolute atomic E-state index is 0.199. The van der Waals surface area contributed by atoms with E-state index in [4.69, 9.17) is 4.74 Å². The molecule has 33 heavy (non-hydrogen) atoms. The topological polar surface area (TPSA) is 77.6 Å². The average Bonchev–Trinajstić information content (AvgIpc) is 3.24. The van der Waals surface area contributed by atoms with E-state index >= 15 is 0 Å². The summed E-state index contributed by atoms with van der Waals surface area (Å²) in [4.78, 5) is 25.4. The van der Waals surface area contributed by atoms with Crippen LogP contribution in [-0.2, 0) is 11.3 Å². The summed E-state index contributed by atoms with van der Waals surface area (Å²) >= 11 is 0. The van der Waals surface area contributed by atoms with Crippen molar-refractivity contribution in [2.45, 2.75) is 33.2 Å². The number of unbranched alkanes of at least 4 members (excludes halogenated alkanes) is 1. The van der Waals surface area contributed by atoms with Gasteiger partial charge >= 0.3 is 0 Å². The van der Waals surface area contributed by atoms with Gasteiger partial charge in [-0.05, 0) is 61.4 Å². The number of aromatic nitrogens is 3. The number of ether oxygens (including phenoxy) is 1. The van der Waals surface area contributed by atoms with E-state index in [-0.39, 0.29) is 12.1 Å². The molecule has 0 aliphatic carbocycles. The fourth-order valence-corrected chi connectivity index (χ4v) is 3.42. The van der Waals surface area contributed by atoms with Gasteiger partial charge in [0, 0.05) is 23.6 Å². The zero-order valence-corrected chi connectivity index (χ0v) is 18.5. The molecule has 170 valence electrons. The molecule has 0 unspecified atom stereocenters. The van der Waals surface area contributed by atoms with Crippen LogP contribution >= 0.6 is 0 Å². The lowest BCUT2D eigenvalue weighted by Gasteiger charge is -2.10. The Kier molecular flexibility index (Phi) is 6.53. The molecule has 0 aliphatic rings. The number of carbonyl (C=O) groups excluding carboxylic acids is 1. The van der Waals surface area contributed by atoms with E-state index in [2.05, 4.69) is 17.3 Å². The molecule has 0 spiro atoms. The Balaban J connectivity index is 1.52. The number of rotatable bonds is 8. The van der Waals surface area contributed by atoms with Crippen molar-refractivity contribution in [2.75, 3.05) is 11.9 Å². The van der Waals surface area contributed by atoms with Crippen LogP contribution in [0.2, 0.25) is 0 Å². The lowest BCUT2D eigenvalue weighted by Crippen LogP contribution is -2.28. The Morgan fingerprint density at radius 3 is 2.67 bits per heavy atom. The van der Waals surface area contributed by atoms with Crippen molar-refractivity contribution in [3.05, 3.63) is 82.7 Å². The van der Waals surface area contributed by atoms with Gasteiger partial charge in [-0.2, -0.15) is 5.10 Å². The number of aryl methyl sites for hydroxylation is 1. The van der Waals surface area contributed by atoms with Crippen LogP contribution in [0.4, 0.5) is 10.1 Å². The van der Waals surface area contributed by atoms with E-state index < -0.39 is 11.7 Å². The molecule has 0 aliphatic heterocycles. The first kappa shape index (κ1) is 22.3. The van der Waals surface area contributed by atoms with Crippen molar-refractivity contribution in [3.63, 3.8) is 0 Å². The van der Waals surface area contributed by atoms with Gasteiger partial charge < -0.3 is 14.6 Å². The molecule has 7 nitrogen and oxygen atoms in total. The van der Waals surface area contributed by atoms with E-state index in [0.717, 1.165) is 29.7 Å². The molecule has 8 heteroatoms. The number of benzene rings is 2. The normalized spacial score (nSPS) is 11.0. The first-order valence-corrected chi connectivity index (χ1v) is 10.8. The number of hydrogen-bond acceptors (Lipinski definition) is 4. The summed E-state index contributed by atoms with van der Waals surface area (Å²) < 4.78 is 22.0. The zero-order chi connectivity index (χ0) is 23.4. The number of halogens is 1. The van der Waals surface area contributed by atoms with Crippen molar-refractivity contribution in [3.8, 4) is 17.0 Å². The summed E-state index contributed by atoms with van der Waals surface area (Å²) in [5, 5.41) is 7.13. The standard InChI is InChI=1S/C25H25FN4O3/c1-3-4-13-33-20-9-6-18(7-10-20)22-15-23-25(32)29(11-12-30(23)28-22)16-24(31)27-21-14-19(26)8-5-17(21)2/h5-12,14-15H,3-4,13,16H2,1-2H3,(H,27,31). The highest BCUT2D eigenvalue weighted by Gasteiger charge is 2.12. The Hall–Kier alpha value is -3.94. The number of carbonyl (C=O) groups is 1. The van der Waals surface area contributed by atoms with Gasteiger partial charge in [0.1, 0.15) is 23.6 Å². The molecule has 0 atom stereocenters. The molecule has 0 fully saturated rings. The third-order valence-corrected chi connectivity index (χ3v) is 5.31. The number of anilines is 1. The number of fused-ring (bicyclic) bond motifs is 1. The highest BCUT2D eigenvalue weighted by molar-refractivity contribution is 5.91. The van der Waals surface area contributed by atoms with Crippen molar-refractivity contribution >= 4 is 17.1 Å². The van der Waals surface area contributed by atoms with Crippen LogP contribution in [0.15, 0.2) is 65.7 Å². The van der Waals surface area contributed by atoms with E-state index in [1.807, 2.05) is 24.3 Å². The number of nitrogens with zero attached hydrogens (tertiary/aromatic N) is 3. The van der Waals surface area contributed by atoms with Crippen molar-refractivity contribution in [1.82, 2.24) is 14.2 Å². The molecule has 1 amide bonds. The predicted octanol–water partition coefficient (Wildman–Crippen LogP) is 4.43. The minimum atomic E-state index is -0.443. The van der Waals surface area contributed by atoms with E-state index in [0.29, 0.717) is 23.5 Å². The van der Waals surface area contributed by atoms with Gasteiger partial charge in [-0.3, -0.25) is 9.59 Å². The van der Waals surface area contributed by atoms with Gasteiger partial charge in [-0.25, -0.2) is 8.91 Å². The van der Waals surface area contributed by atoms with Crippen LogP contribution in [0.25, 0.3) is 16.8 Å². The molecule has 4 rings (SSSR count). The van der Waals surface area contributed by atoms with Crippen LogP contribution in [0.5, 0.6) is 5.75 Å². The smallest absolute Gasteiger partial charge is 0.277 e. The van der Waals surface area contributed by atoms with E-state index in [1.54, 1.807) is 25.3 Å². The Morgan fingerprint density at radius 2 is 1.91 bits per heavy atom. The molecule has 1 N–H and O–H groups in total. The number of hydrogen-bond donors (Lipinski definition) is 1. The molecule has 0 radical (unpaired) electrons. The van der Waals surface area contributed by atoms with Gasteiger partial charge in [0.15, 0.2) is 0 Å². The van der Waals surface area contributed by atoms with Gasteiger partial charge in [-0.15, -0.1) is 0 Å². The average molecular weight is 448 g/mol. The lowest BCUT2D eigenvalue weighted by atomic mass is 10.1. The molecule has 2 aromatic heterocycles. The van der Waals surface area contributed by atoms with E-state index in [9.17, 15) is 14.0 Å². The summed E-state index contributed by atoms with van der Waals surface area (Å²) in [7, 11) is 0. The van der Waals surface area contributed by atoms with Gasteiger partial charge in [0.2, 0.25) is 5.91 Å². The van der Waals surface area contributed by atoms with Gasteiger partial charge in [0.25, 0.3) is 5.56 Å². The second-order valence-electron chi connectivity index (χ2n) is 7.82. The van der Waals surface area contributed by atoms with Crippen molar-refractivity contribution in [2.24, 2.45) is 0 Å². The van der Waals surface area contributed by atoms with Crippen molar-refractivity contribution < 1.29 is 13.9 Å². The van der Waals surface area contributed by atoms with Crippen LogP contribution in [-0.4, -0.2) is 26.7 Å². The maximum atomic E-state index is 13.5. The van der Waals surface area contributed by atoms with Crippen LogP contribution in [0.3, 0.4) is 0 Å². The molecule has 0 saturated carbocycles. The summed E-state index contributed by atoms with van der Waals surface area (Å²) in [5.74, 6) is -0.0757. The minimum Gasteiger partial charge on any atom is -0.494 e. The molecule has 0 saturated heterocycles. The maximum Gasteiger partial charge on any atom is 0.277 e. The van der Waals surface area contributed by atoms with Crippen molar-refractivity contribution in [1.29, 1.82) is 0 Å². The van der Waals surface area contributed by atoms with Gasteiger partial charge in [0.05, 0.1) is 12.3 Å². The quantitative estimate of drug-likeness (QED) is 0.405. The fourth-order valence-electron chi connectivity index (χ4n) is 3.42. The number of amides is 1. The highest BCUT2D eigenvalue weighted by atomic mass is 19.1. The molecule has 2 aromatic carbocycles. The third kappa shape index (κ3) is 5.11. The Labute approximate surface area is 190 Å². The van der Waals surface area contributed by atoms with Crippen LogP contribution in [0.1, 0.15) is 25.3 Å². The second kappa shape index (κ2) is 9.68. The molecular formula is C25H25FN4O3. The molecule has 0 bridgehead atoms. The monoisotopic (exact) mass is 448 g/mol. The third-order valence-electron chi connectivity index (χ3n) is 5.31. The van der Waals surface area contributed by atoms with E-state index in [1.165, 1.54) is 27.4 Å².